The number of carboxylic acids is 1. The SMILES string of the molecule is CCN(CCOC)C(=O)N1CCC[C@H]1C(=O)O. The number of carbonyl (C=O) groups is 2. The summed E-state index contributed by atoms with van der Waals surface area (Å²) in [5.41, 5.74) is 0. The lowest BCUT2D eigenvalue weighted by Crippen LogP contribution is -2.48. The molecule has 1 atom stereocenters. The number of nitrogens with zero attached hydrogens (tertiary/aromatic N) is 2. The van der Waals surface area contributed by atoms with E-state index in [1.807, 2.05) is 6.92 Å². The van der Waals surface area contributed by atoms with Crippen molar-refractivity contribution in [3.63, 3.8) is 0 Å². The number of carboxylic acid groups (broad SMARTS) is 1. The second-order valence-corrected chi connectivity index (χ2v) is 4.04. The molecule has 1 N–H and O–H groups in total. The summed E-state index contributed by atoms with van der Waals surface area (Å²) in [6, 6.07) is -0.867. The second-order valence-electron chi connectivity index (χ2n) is 4.04. The number of likely N-dealkylation sites (tertiary alicyclic amines) is 1. The first-order chi connectivity index (χ1) is 8.11. The van der Waals surface area contributed by atoms with Crippen molar-refractivity contribution >= 4 is 12.0 Å². The van der Waals surface area contributed by atoms with Gasteiger partial charge in [0.15, 0.2) is 0 Å². The largest absolute Gasteiger partial charge is 0.480 e. The molecule has 1 fully saturated rings. The van der Waals surface area contributed by atoms with Gasteiger partial charge in [0.1, 0.15) is 6.04 Å². The van der Waals surface area contributed by atoms with Crippen LogP contribution in [0.15, 0.2) is 0 Å². The van der Waals surface area contributed by atoms with Gasteiger partial charge >= 0.3 is 12.0 Å². The van der Waals surface area contributed by atoms with Crippen LogP contribution < -0.4 is 0 Å². The summed E-state index contributed by atoms with van der Waals surface area (Å²) in [5, 5.41) is 9.03. The fourth-order valence-corrected chi connectivity index (χ4v) is 2.02. The van der Waals surface area contributed by atoms with Crippen LogP contribution in [0, 0.1) is 0 Å². The number of likely N-dealkylation sites (N-methyl/N-ethyl adjacent to an activating group) is 1. The van der Waals surface area contributed by atoms with E-state index < -0.39 is 12.0 Å². The third-order valence-electron chi connectivity index (χ3n) is 3.00. The third-order valence-corrected chi connectivity index (χ3v) is 3.00. The molecule has 0 saturated carbocycles. The van der Waals surface area contributed by atoms with Crippen molar-refractivity contribution in [2.75, 3.05) is 33.4 Å². The van der Waals surface area contributed by atoms with Crippen LogP contribution in [0.3, 0.4) is 0 Å². The molecule has 1 rings (SSSR count). The van der Waals surface area contributed by atoms with Crippen LogP contribution in [0.1, 0.15) is 19.8 Å². The molecule has 17 heavy (non-hydrogen) atoms. The summed E-state index contributed by atoms with van der Waals surface area (Å²) in [5.74, 6) is -0.918. The quantitative estimate of drug-likeness (QED) is 0.769. The normalized spacial score (nSPS) is 19.4. The number of urea groups is 1. The standard InChI is InChI=1S/C11H20N2O4/c1-3-12(7-8-17-2)11(16)13-6-4-5-9(13)10(14)15/h9H,3-8H2,1-2H3,(H,14,15)/t9-/m0/s1. The van der Waals surface area contributed by atoms with Crippen molar-refractivity contribution in [2.24, 2.45) is 0 Å². The zero-order valence-corrected chi connectivity index (χ0v) is 10.4. The Labute approximate surface area is 101 Å². The molecule has 0 aromatic rings. The van der Waals surface area contributed by atoms with E-state index in [9.17, 15) is 9.59 Å². The zero-order chi connectivity index (χ0) is 12.8. The highest BCUT2D eigenvalue weighted by Gasteiger charge is 2.35. The smallest absolute Gasteiger partial charge is 0.326 e. The Morgan fingerprint density at radius 2 is 2.24 bits per heavy atom. The topological polar surface area (TPSA) is 70.1 Å². The molecule has 0 aromatic heterocycles. The summed E-state index contributed by atoms with van der Waals surface area (Å²) >= 11 is 0. The fraction of sp³-hybridized carbons (Fsp3) is 0.818. The lowest BCUT2D eigenvalue weighted by molar-refractivity contribution is -0.141. The van der Waals surface area contributed by atoms with Crippen LogP contribution in [0.4, 0.5) is 4.79 Å². The maximum atomic E-state index is 12.1. The minimum atomic E-state index is -0.918. The van der Waals surface area contributed by atoms with Gasteiger partial charge in [0, 0.05) is 26.7 Å². The van der Waals surface area contributed by atoms with Gasteiger partial charge in [0.2, 0.25) is 0 Å². The molecule has 6 heteroatoms. The summed E-state index contributed by atoms with van der Waals surface area (Å²) in [4.78, 5) is 26.2. The van der Waals surface area contributed by atoms with Gasteiger partial charge in [-0.3, -0.25) is 0 Å². The maximum absolute atomic E-state index is 12.1. The van der Waals surface area contributed by atoms with Gasteiger partial charge in [-0.15, -0.1) is 0 Å². The Morgan fingerprint density at radius 1 is 1.53 bits per heavy atom. The molecule has 0 bridgehead atoms. The van der Waals surface area contributed by atoms with E-state index >= 15 is 0 Å². The molecule has 98 valence electrons. The summed E-state index contributed by atoms with van der Waals surface area (Å²) in [6.07, 6.45) is 1.30. The molecule has 1 saturated heterocycles. The fourth-order valence-electron chi connectivity index (χ4n) is 2.02. The molecule has 1 heterocycles. The van der Waals surface area contributed by atoms with Crippen molar-refractivity contribution in [3.8, 4) is 0 Å². The lowest BCUT2D eigenvalue weighted by atomic mass is 10.2. The highest BCUT2D eigenvalue weighted by molar-refractivity contribution is 5.83. The molecular formula is C11H20N2O4. The number of ether oxygens (including phenoxy) is 1. The van der Waals surface area contributed by atoms with Crippen LogP contribution in [0.2, 0.25) is 0 Å². The highest BCUT2D eigenvalue weighted by Crippen LogP contribution is 2.19. The van der Waals surface area contributed by atoms with Gasteiger partial charge in [0.05, 0.1) is 6.61 Å². The number of aliphatic carboxylic acids is 1. The van der Waals surface area contributed by atoms with E-state index in [2.05, 4.69) is 0 Å². The van der Waals surface area contributed by atoms with Crippen LogP contribution in [-0.2, 0) is 9.53 Å². The number of rotatable bonds is 5. The molecule has 0 aromatic carbocycles. The first kappa shape index (κ1) is 13.8. The Balaban J connectivity index is 2.63. The Kier molecular flexibility index (Phi) is 5.21. The average molecular weight is 244 g/mol. The van der Waals surface area contributed by atoms with Gasteiger partial charge in [-0.05, 0) is 19.8 Å². The van der Waals surface area contributed by atoms with Gasteiger partial charge in [-0.25, -0.2) is 9.59 Å². The lowest BCUT2D eigenvalue weighted by Gasteiger charge is -2.29. The van der Waals surface area contributed by atoms with Gasteiger partial charge in [-0.1, -0.05) is 0 Å². The van der Waals surface area contributed by atoms with Crippen LogP contribution >= 0.6 is 0 Å². The number of hydrogen-bond acceptors (Lipinski definition) is 3. The first-order valence-electron chi connectivity index (χ1n) is 5.89. The molecule has 6 nitrogen and oxygen atoms in total. The summed E-state index contributed by atoms with van der Waals surface area (Å²) in [7, 11) is 1.58. The van der Waals surface area contributed by atoms with Gasteiger partial charge < -0.3 is 19.6 Å². The first-order valence-corrected chi connectivity index (χ1v) is 5.89. The summed E-state index contributed by atoms with van der Waals surface area (Å²) < 4.78 is 4.93. The molecule has 0 aliphatic carbocycles. The van der Waals surface area contributed by atoms with E-state index in [-0.39, 0.29) is 6.03 Å². The second kappa shape index (κ2) is 6.44. The molecular weight excluding hydrogens is 224 g/mol. The molecule has 0 radical (unpaired) electrons. The van der Waals surface area contributed by atoms with Gasteiger partial charge in [0.25, 0.3) is 0 Å². The summed E-state index contributed by atoms with van der Waals surface area (Å²) in [6.45, 7) is 3.92. The minimum absolute atomic E-state index is 0.200. The Hall–Kier alpha value is -1.30. The van der Waals surface area contributed by atoms with Crippen molar-refractivity contribution < 1.29 is 19.4 Å². The van der Waals surface area contributed by atoms with E-state index in [1.54, 1.807) is 12.0 Å². The molecule has 1 aliphatic rings. The van der Waals surface area contributed by atoms with Crippen LogP contribution in [0.25, 0.3) is 0 Å². The number of amides is 2. The molecule has 1 aliphatic heterocycles. The van der Waals surface area contributed by atoms with E-state index in [1.165, 1.54) is 4.90 Å². The van der Waals surface area contributed by atoms with Crippen molar-refractivity contribution in [1.82, 2.24) is 9.80 Å². The number of carbonyl (C=O) groups excluding carboxylic acids is 1. The monoisotopic (exact) mass is 244 g/mol. The van der Waals surface area contributed by atoms with E-state index in [4.69, 9.17) is 9.84 Å². The zero-order valence-electron chi connectivity index (χ0n) is 10.4. The number of methoxy groups -OCH3 is 1. The minimum Gasteiger partial charge on any atom is -0.480 e. The predicted molar refractivity (Wildman–Crippen MR) is 61.9 cm³/mol. The van der Waals surface area contributed by atoms with Crippen LogP contribution in [-0.4, -0.2) is 66.3 Å². The maximum Gasteiger partial charge on any atom is 0.326 e. The molecule has 2 amide bonds. The third kappa shape index (κ3) is 3.33. The van der Waals surface area contributed by atoms with Gasteiger partial charge in [-0.2, -0.15) is 0 Å². The Morgan fingerprint density at radius 3 is 2.76 bits per heavy atom. The average Bonchev–Trinajstić information content (AvgIpc) is 2.78. The van der Waals surface area contributed by atoms with Crippen molar-refractivity contribution in [3.05, 3.63) is 0 Å². The number of hydrogen-bond donors (Lipinski definition) is 1. The predicted octanol–water partition coefficient (Wildman–Crippen LogP) is 0.624. The molecule has 0 spiro atoms. The Bertz CT molecular complexity index is 283. The van der Waals surface area contributed by atoms with Crippen molar-refractivity contribution in [2.45, 2.75) is 25.8 Å². The molecule has 0 unspecified atom stereocenters. The van der Waals surface area contributed by atoms with Crippen molar-refractivity contribution in [1.29, 1.82) is 0 Å². The van der Waals surface area contributed by atoms with E-state index in [0.29, 0.717) is 32.7 Å². The highest BCUT2D eigenvalue weighted by atomic mass is 16.5. The van der Waals surface area contributed by atoms with E-state index in [0.717, 1.165) is 6.42 Å². The van der Waals surface area contributed by atoms with Crippen LogP contribution in [0.5, 0.6) is 0 Å².